The maximum absolute atomic E-state index is 12.9. The maximum Gasteiger partial charge on any atom is 0.251 e. The van der Waals surface area contributed by atoms with Crippen LogP contribution in [-0.4, -0.2) is 20.4 Å². The van der Waals surface area contributed by atoms with E-state index in [0.717, 1.165) is 33.6 Å². The highest BCUT2D eigenvalue weighted by molar-refractivity contribution is 5.94. The fourth-order valence-corrected chi connectivity index (χ4v) is 3.69. The van der Waals surface area contributed by atoms with E-state index in [1.54, 1.807) is 24.9 Å². The number of amides is 1. The monoisotopic (exact) mass is 426 g/mol. The number of aryl methyl sites for hydroxylation is 2. The molecule has 0 bridgehead atoms. The van der Waals surface area contributed by atoms with Crippen molar-refractivity contribution in [2.45, 2.75) is 33.5 Å². The van der Waals surface area contributed by atoms with Crippen molar-refractivity contribution in [2.24, 2.45) is 0 Å². The summed E-state index contributed by atoms with van der Waals surface area (Å²) in [7, 11) is 0. The summed E-state index contributed by atoms with van der Waals surface area (Å²) in [5, 5.41) is 3.05. The Morgan fingerprint density at radius 3 is 2.47 bits per heavy atom. The SMILES string of the molecule is Cc1cc(C(=O)NCc2ccccc2Cn2ccnc2)cc(C)c1OCc1cccnc1. The first-order chi connectivity index (χ1) is 15.6. The standard InChI is InChI=1S/C26H26N4O2/c1-19-12-24(13-20(2)25(19)32-17-21-6-5-9-27-14-21)26(31)29-15-22-7-3-4-8-23(22)16-30-11-10-28-18-30/h3-14,18H,15-17H2,1-2H3,(H,29,31). The van der Waals surface area contributed by atoms with E-state index in [0.29, 0.717) is 25.3 Å². The number of benzene rings is 2. The number of nitrogens with zero attached hydrogens (tertiary/aromatic N) is 3. The Morgan fingerprint density at radius 1 is 1.00 bits per heavy atom. The Hall–Kier alpha value is -3.93. The van der Waals surface area contributed by atoms with Gasteiger partial charge < -0.3 is 14.6 Å². The van der Waals surface area contributed by atoms with Crippen molar-refractivity contribution in [3.8, 4) is 5.75 Å². The minimum Gasteiger partial charge on any atom is -0.488 e. The van der Waals surface area contributed by atoms with Crippen LogP contribution in [0.15, 0.2) is 79.6 Å². The molecular formula is C26H26N4O2. The van der Waals surface area contributed by atoms with E-state index in [4.69, 9.17) is 4.74 Å². The molecule has 0 aliphatic carbocycles. The van der Waals surface area contributed by atoms with Crippen LogP contribution in [0.4, 0.5) is 0 Å². The number of hydrogen-bond acceptors (Lipinski definition) is 4. The van der Waals surface area contributed by atoms with Gasteiger partial charge in [0.05, 0.1) is 6.33 Å². The van der Waals surface area contributed by atoms with Crippen LogP contribution in [0.25, 0.3) is 0 Å². The second-order valence-electron chi connectivity index (χ2n) is 7.78. The van der Waals surface area contributed by atoms with E-state index in [1.807, 2.05) is 67.1 Å². The number of pyridine rings is 1. The van der Waals surface area contributed by atoms with Gasteiger partial charge in [-0.1, -0.05) is 30.3 Å². The first-order valence-corrected chi connectivity index (χ1v) is 10.5. The first kappa shape index (κ1) is 21.3. The van der Waals surface area contributed by atoms with Gasteiger partial charge in [-0.3, -0.25) is 9.78 Å². The van der Waals surface area contributed by atoms with Crippen LogP contribution in [0.3, 0.4) is 0 Å². The summed E-state index contributed by atoms with van der Waals surface area (Å²) in [4.78, 5) is 21.1. The molecule has 2 aromatic heterocycles. The van der Waals surface area contributed by atoms with Gasteiger partial charge in [-0.2, -0.15) is 0 Å². The Kier molecular flexibility index (Phi) is 6.60. The Labute approximate surface area is 187 Å². The molecule has 0 unspecified atom stereocenters. The van der Waals surface area contributed by atoms with Gasteiger partial charge in [0.1, 0.15) is 12.4 Å². The number of carbonyl (C=O) groups excluding carboxylic acids is 1. The lowest BCUT2D eigenvalue weighted by molar-refractivity contribution is 0.0950. The molecule has 0 spiro atoms. The molecule has 1 N–H and O–H groups in total. The van der Waals surface area contributed by atoms with Crippen LogP contribution in [0, 0.1) is 13.8 Å². The average molecular weight is 427 g/mol. The molecular weight excluding hydrogens is 400 g/mol. The van der Waals surface area contributed by atoms with Gasteiger partial charge in [-0.15, -0.1) is 0 Å². The zero-order chi connectivity index (χ0) is 22.3. The normalized spacial score (nSPS) is 10.7. The summed E-state index contributed by atoms with van der Waals surface area (Å²) < 4.78 is 8.02. The zero-order valence-corrected chi connectivity index (χ0v) is 18.3. The van der Waals surface area contributed by atoms with Crippen LogP contribution in [0.2, 0.25) is 0 Å². The lowest BCUT2D eigenvalue weighted by Gasteiger charge is -2.15. The lowest BCUT2D eigenvalue weighted by atomic mass is 10.0. The number of nitrogens with one attached hydrogen (secondary N) is 1. The van der Waals surface area contributed by atoms with Crippen molar-refractivity contribution in [2.75, 3.05) is 0 Å². The van der Waals surface area contributed by atoms with Gasteiger partial charge >= 0.3 is 0 Å². The van der Waals surface area contributed by atoms with Gasteiger partial charge in [0.25, 0.3) is 5.91 Å². The lowest BCUT2D eigenvalue weighted by Crippen LogP contribution is -2.24. The van der Waals surface area contributed by atoms with E-state index in [2.05, 4.69) is 21.4 Å². The molecule has 6 nitrogen and oxygen atoms in total. The van der Waals surface area contributed by atoms with Crippen molar-refractivity contribution >= 4 is 5.91 Å². The van der Waals surface area contributed by atoms with Crippen LogP contribution in [-0.2, 0) is 19.7 Å². The third-order valence-corrected chi connectivity index (χ3v) is 5.30. The fraction of sp³-hybridized carbons (Fsp3) is 0.192. The van der Waals surface area contributed by atoms with Crippen molar-refractivity contribution < 1.29 is 9.53 Å². The molecule has 1 amide bonds. The second-order valence-corrected chi connectivity index (χ2v) is 7.78. The van der Waals surface area contributed by atoms with Crippen LogP contribution >= 0.6 is 0 Å². The maximum atomic E-state index is 12.9. The molecule has 0 radical (unpaired) electrons. The van der Waals surface area contributed by atoms with Crippen molar-refractivity contribution in [3.63, 3.8) is 0 Å². The average Bonchev–Trinajstić information content (AvgIpc) is 3.31. The molecule has 0 atom stereocenters. The van der Waals surface area contributed by atoms with E-state index in [-0.39, 0.29) is 5.91 Å². The molecule has 4 aromatic rings. The van der Waals surface area contributed by atoms with Crippen LogP contribution in [0.5, 0.6) is 5.75 Å². The molecule has 6 heteroatoms. The van der Waals surface area contributed by atoms with Gasteiger partial charge in [0.15, 0.2) is 0 Å². The summed E-state index contributed by atoms with van der Waals surface area (Å²) in [5.41, 5.74) is 5.72. The highest BCUT2D eigenvalue weighted by atomic mass is 16.5. The smallest absolute Gasteiger partial charge is 0.251 e. The third kappa shape index (κ3) is 5.21. The number of ether oxygens (including phenoxy) is 1. The number of aromatic nitrogens is 3. The van der Waals surface area contributed by atoms with Crippen molar-refractivity contribution in [1.29, 1.82) is 0 Å². The van der Waals surface area contributed by atoms with Crippen molar-refractivity contribution in [3.05, 3.63) is 113 Å². The van der Waals surface area contributed by atoms with E-state index in [1.165, 1.54) is 0 Å². The number of carbonyl (C=O) groups is 1. The molecule has 2 heterocycles. The molecule has 0 aliphatic heterocycles. The predicted octanol–water partition coefficient (Wildman–Crippen LogP) is 4.45. The summed E-state index contributed by atoms with van der Waals surface area (Å²) in [5.74, 6) is 0.698. The number of rotatable bonds is 8. The van der Waals surface area contributed by atoms with E-state index < -0.39 is 0 Å². The molecule has 32 heavy (non-hydrogen) atoms. The Balaban J connectivity index is 1.42. The van der Waals surface area contributed by atoms with E-state index in [9.17, 15) is 4.79 Å². The Bertz CT molecular complexity index is 1160. The number of hydrogen-bond donors (Lipinski definition) is 1. The van der Waals surface area contributed by atoms with Crippen LogP contribution < -0.4 is 10.1 Å². The summed E-state index contributed by atoms with van der Waals surface area (Å²) in [6.45, 7) is 5.54. The molecule has 0 fully saturated rings. The fourth-order valence-electron chi connectivity index (χ4n) is 3.69. The van der Waals surface area contributed by atoms with Gasteiger partial charge in [0, 0.05) is 49.0 Å². The third-order valence-electron chi connectivity index (χ3n) is 5.30. The quantitative estimate of drug-likeness (QED) is 0.452. The number of imidazole rings is 1. The largest absolute Gasteiger partial charge is 0.488 e. The summed E-state index contributed by atoms with van der Waals surface area (Å²) >= 11 is 0. The highest BCUT2D eigenvalue weighted by Gasteiger charge is 2.13. The minimum absolute atomic E-state index is 0.104. The zero-order valence-electron chi connectivity index (χ0n) is 18.3. The molecule has 0 saturated heterocycles. The summed E-state index contributed by atoms with van der Waals surface area (Å²) in [6, 6.07) is 15.7. The minimum atomic E-state index is -0.104. The van der Waals surface area contributed by atoms with Crippen molar-refractivity contribution in [1.82, 2.24) is 19.9 Å². The molecule has 4 rings (SSSR count). The van der Waals surface area contributed by atoms with Gasteiger partial charge in [-0.05, 0) is 54.3 Å². The van der Waals surface area contributed by atoms with Gasteiger partial charge in [0.2, 0.25) is 0 Å². The molecule has 0 aliphatic rings. The molecule has 162 valence electrons. The van der Waals surface area contributed by atoms with Gasteiger partial charge in [-0.25, -0.2) is 4.98 Å². The highest BCUT2D eigenvalue weighted by Crippen LogP contribution is 2.26. The predicted molar refractivity (Wildman–Crippen MR) is 123 cm³/mol. The Morgan fingerprint density at radius 2 is 1.78 bits per heavy atom. The molecule has 2 aromatic carbocycles. The van der Waals surface area contributed by atoms with Crippen LogP contribution in [0.1, 0.15) is 38.2 Å². The summed E-state index contributed by atoms with van der Waals surface area (Å²) in [6.07, 6.45) is 9.01. The topological polar surface area (TPSA) is 69.0 Å². The van der Waals surface area contributed by atoms with E-state index >= 15 is 0 Å². The first-order valence-electron chi connectivity index (χ1n) is 10.5. The molecule has 0 saturated carbocycles. The second kappa shape index (κ2) is 9.92.